The number of carbonyl (C=O) groups is 1. The second kappa shape index (κ2) is 2.73. The summed E-state index contributed by atoms with van der Waals surface area (Å²) in [6.45, 7) is 1.15. The van der Waals surface area contributed by atoms with E-state index in [1.54, 1.807) is 0 Å². The van der Waals surface area contributed by atoms with Crippen LogP contribution in [0.4, 0.5) is 0 Å². The lowest BCUT2D eigenvalue weighted by atomic mass is 9.71. The Hall–Kier alpha value is -0.570. The van der Waals surface area contributed by atoms with E-state index in [2.05, 4.69) is 10.1 Å². The molecule has 1 aliphatic carbocycles. The second-order valence-corrected chi connectivity index (χ2v) is 4.01. The summed E-state index contributed by atoms with van der Waals surface area (Å²) >= 11 is 0. The summed E-state index contributed by atoms with van der Waals surface area (Å²) in [5, 5.41) is 3.48. The summed E-state index contributed by atoms with van der Waals surface area (Å²) in [5.74, 6) is 0.809. The highest BCUT2D eigenvalue weighted by Gasteiger charge is 2.49. The minimum atomic E-state index is -0.0819. The van der Waals surface area contributed by atoms with Gasteiger partial charge in [-0.2, -0.15) is 0 Å². The topological polar surface area (TPSA) is 38.3 Å². The standard InChI is InChI=1S/C9H15NO2/c1-12-8(11)2-3-9-4-7(5-9)6-10-9/h7,10H,2-6H2,1H3. The SMILES string of the molecule is COC(=O)CCC12CC(CN1)C2. The monoisotopic (exact) mass is 169 g/mol. The third kappa shape index (κ3) is 1.22. The van der Waals surface area contributed by atoms with Crippen molar-refractivity contribution in [2.75, 3.05) is 13.7 Å². The maximum Gasteiger partial charge on any atom is 0.305 e. The zero-order valence-electron chi connectivity index (χ0n) is 7.43. The van der Waals surface area contributed by atoms with Crippen molar-refractivity contribution in [2.24, 2.45) is 5.92 Å². The lowest BCUT2D eigenvalue weighted by Crippen LogP contribution is -2.43. The molecule has 2 bridgehead atoms. The van der Waals surface area contributed by atoms with Crippen LogP contribution in [0.5, 0.6) is 0 Å². The van der Waals surface area contributed by atoms with Gasteiger partial charge in [-0.25, -0.2) is 0 Å². The van der Waals surface area contributed by atoms with Crippen molar-refractivity contribution in [3.8, 4) is 0 Å². The zero-order valence-corrected chi connectivity index (χ0v) is 7.43. The number of ether oxygens (including phenoxy) is 1. The smallest absolute Gasteiger partial charge is 0.305 e. The van der Waals surface area contributed by atoms with Crippen LogP contribution in [0.3, 0.4) is 0 Å². The number of fused-ring (bicyclic) bond motifs is 1. The van der Waals surface area contributed by atoms with Crippen LogP contribution in [0.15, 0.2) is 0 Å². The van der Waals surface area contributed by atoms with Gasteiger partial charge in [-0.15, -0.1) is 0 Å². The van der Waals surface area contributed by atoms with Crippen LogP contribution in [-0.4, -0.2) is 25.2 Å². The van der Waals surface area contributed by atoms with E-state index >= 15 is 0 Å². The van der Waals surface area contributed by atoms with E-state index in [9.17, 15) is 4.79 Å². The Labute approximate surface area is 72.5 Å². The van der Waals surface area contributed by atoms with Crippen LogP contribution in [0.2, 0.25) is 0 Å². The van der Waals surface area contributed by atoms with Crippen molar-refractivity contribution >= 4 is 5.97 Å². The molecule has 0 aromatic rings. The first-order valence-corrected chi connectivity index (χ1v) is 4.56. The molecule has 3 nitrogen and oxygen atoms in total. The Bertz CT molecular complexity index is 191. The first kappa shape index (κ1) is 8.05. The van der Waals surface area contributed by atoms with Crippen molar-refractivity contribution in [3.63, 3.8) is 0 Å². The Balaban J connectivity index is 1.77. The predicted octanol–water partition coefficient (Wildman–Crippen LogP) is 0.692. The first-order valence-electron chi connectivity index (χ1n) is 4.56. The average molecular weight is 169 g/mol. The Morgan fingerprint density at radius 2 is 2.42 bits per heavy atom. The van der Waals surface area contributed by atoms with Crippen LogP contribution in [0, 0.1) is 5.92 Å². The van der Waals surface area contributed by atoms with Gasteiger partial charge in [0.15, 0.2) is 0 Å². The quantitative estimate of drug-likeness (QED) is 0.632. The minimum absolute atomic E-state index is 0.0819. The van der Waals surface area contributed by atoms with Crippen molar-refractivity contribution in [1.82, 2.24) is 5.32 Å². The molecule has 3 fully saturated rings. The molecule has 0 aromatic carbocycles. The minimum Gasteiger partial charge on any atom is -0.469 e. The number of nitrogens with one attached hydrogen (secondary N) is 1. The lowest BCUT2D eigenvalue weighted by Gasteiger charge is -2.37. The molecule has 0 radical (unpaired) electrons. The Morgan fingerprint density at radius 3 is 2.92 bits per heavy atom. The molecule has 2 saturated heterocycles. The molecule has 3 aliphatic rings. The van der Waals surface area contributed by atoms with Crippen LogP contribution < -0.4 is 5.32 Å². The van der Waals surface area contributed by atoms with Crippen LogP contribution in [0.25, 0.3) is 0 Å². The molecular formula is C9H15NO2. The lowest BCUT2D eigenvalue weighted by molar-refractivity contribution is -0.141. The van der Waals surface area contributed by atoms with E-state index in [1.165, 1.54) is 20.0 Å². The Morgan fingerprint density at radius 1 is 1.67 bits per heavy atom. The highest BCUT2D eigenvalue weighted by Crippen LogP contribution is 2.46. The number of rotatable bonds is 3. The highest BCUT2D eigenvalue weighted by atomic mass is 16.5. The van der Waals surface area contributed by atoms with Crippen LogP contribution in [-0.2, 0) is 9.53 Å². The van der Waals surface area contributed by atoms with E-state index in [1.807, 2.05) is 0 Å². The van der Waals surface area contributed by atoms with Gasteiger partial charge in [0.2, 0.25) is 0 Å². The van der Waals surface area contributed by atoms with Gasteiger partial charge in [0.25, 0.3) is 0 Å². The molecule has 0 amide bonds. The summed E-state index contributed by atoms with van der Waals surface area (Å²) in [7, 11) is 1.45. The van der Waals surface area contributed by atoms with Gasteiger partial charge in [0.1, 0.15) is 0 Å². The third-order valence-electron chi connectivity index (χ3n) is 3.16. The number of esters is 1. The highest BCUT2D eigenvalue weighted by molar-refractivity contribution is 5.69. The van der Waals surface area contributed by atoms with Gasteiger partial charge >= 0.3 is 5.97 Å². The van der Waals surface area contributed by atoms with Gasteiger partial charge in [0, 0.05) is 12.0 Å². The molecule has 0 atom stereocenters. The van der Waals surface area contributed by atoms with E-state index < -0.39 is 0 Å². The average Bonchev–Trinajstić information content (AvgIpc) is 2.57. The van der Waals surface area contributed by atoms with Gasteiger partial charge in [0.05, 0.1) is 7.11 Å². The predicted molar refractivity (Wildman–Crippen MR) is 44.7 cm³/mol. The molecule has 3 rings (SSSR count). The molecule has 68 valence electrons. The Kier molecular flexibility index (Phi) is 1.83. The van der Waals surface area contributed by atoms with E-state index in [4.69, 9.17) is 0 Å². The van der Waals surface area contributed by atoms with E-state index in [0.29, 0.717) is 12.0 Å². The largest absolute Gasteiger partial charge is 0.469 e. The van der Waals surface area contributed by atoms with E-state index in [-0.39, 0.29) is 5.97 Å². The molecule has 1 N–H and O–H groups in total. The molecule has 12 heavy (non-hydrogen) atoms. The molecule has 1 saturated carbocycles. The van der Waals surface area contributed by atoms with Gasteiger partial charge < -0.3 is 10.1 Å². The number of methoxy groups -OCH3 is 1. The van der Waals surface area contributed by atoms with Crippen LogP contribution in [0.1, 0.15) is 25.7 Å². The first-order chi connectivity index (χ1) is 5.74. The zero-order chi connectivity index (χ0) is 8.60. The summed E-state index contributed by atoms with van der Waals surface area (Å²) in [5.41, 5.74) is 0.318. The maximum atomic E-state index is 10.9. The molecule has 2 heterocycles. The van der Waals surface area contributed by atoms with Crippen molar-refractivity contribution < 1.29 is 9.53 Å². The molecule has 0 unspecified atom stereocenters. The third-order valence-corrected chi connectivity index (χ3v) is 3.16. The molecule has 3 heteroatoms. The fourth-order valence-electron chi connectivity index (χ4n) is 2.43. The van der Waals surface area contributed by atoms with Crippen LogP contribution >= 0.6 is 0 Å². The fourth-order valence-corrected chi connectivity index (χ4v) is 2.43. The summed E-state index contributed by atoms with van der Waals surface area (Å²) in [6.07, 6.45) is 4.06. The number of hydrogen-bond donors (Lipinski definition) is 1. The van der Waals surface area contributed by atoms with Gasteiger partial charge in [-0.05, 0) is 31.7 Å². The fraction of sp³-hybridized carbons (Fsp3) is 0.889. The molecular weight excluding hydrogens is 154 g/mol. The number of hydrogen-bond acceptors (Lipinski definition) is 3. The van der Waals surface area contributed by atoms with Crippen molar-refractivity contribution in [3.05, 3.63) is 0 Å². The summed E-state index contributed by atoms with van der Waals surface area (Å²) in [4.78, 5) is 10.9. The molecule has 0 spiro atoms. The normalized spacial score (nSPS) is 37.6. The van der Waals surface area contributed by atoms with Crippen molar-refractivity contribution in [1.29, 1.82) is 0 Å². The van der Waals surface area contributed by atoms with Gasteiger partial charge in [-0.3, -0.25) is 4.79 Å². The number of carbonyl (C=O) groups excluding carboxylic acids is 1. The molecule has 0 aromatic heterocycles. The van der Waals surface area contributed by atoms with E-state index in [0.717, 1.165) is 18.9 Å². The summed E-state index contributed by atoms with van der Waals surface area (Å²) in [6, 6.07) is 0. The van der Waals surface area contributed by atoms with Crippen molar-refractivity contribution in [2.45, 2.75) is 31.2 Å². The van der Waals surface area contributed by atoms with Gasteiger partial charge in [-0.1, -0.05) is 0 Å². The summed E-state index contributed by atoms with van der Waals surface area (Å²) < 4.78 is 4.61. The molecule has 2 aliphatic heterocycles. The second-order valence-electron chi connectivity index (χ2n) is 4.01. The maximum absolute atomic E-state index is 10.9.